The zero-order valence-corrected chi connectivity index (χ0v) is 9.94. The highest BCUT2D eigenvalue weighted by Gasteiger charge is 2.04. The molecule has 0 aliphatic carbocycles. The van der Waals surface area contributed by atoms with Crippen LogP contribution in [0.3, 0.4) is 0 Å². The maximum Gasteiger partial charge on any atom is 0.127 e. The summed E-state index contributed by atoms with van der Waals surface area (Å²) in [6.07, 6.45) is 3.85. The Hall–Kier alpha value is -1.78. The van der Waals surface area contributed by atoms with Crippen LogP contribution in [0.4, 0.5) is 5.82 Å². The van der Waals surface area contributed by atoms with Crippen molar-refractivity contribution in [2.24, 2.45) is 7.05 Å². The Balaban J connectivity index is 2.02. The minimum absolute atomic E-state index is 0.730. The average Bonchev–Trinajstić information content (AvgIpc) is 2.85. The van der Waals surface area contributed by atoms with Gasteiger partial charge >= 0.3 is 0 Å². The number of nitrogens with one attached hydrogen (secondary N) is 1. The van der Waals surface area contributed by atoms with Gasteiger partial charge in [-0.05, 0) is 19.9 Å². The Morgan fingerprint density at radius 3 is 2.81 bits per heavy atom. The van der Waals surface area contributed by atoms with Crippen LogP contribution in [0, 0.1) is 6.92 Å². The van der Waals surface area contributed by atoms with E-state index in [9.17, 15) is 0 Å². The lowest BCUT2D eigenvalue weighted by Gasteiger charge is -2.05. The van der Waals surface area contributed by atoms with Crippen LogP contribution in [0.15, 0.2) is 18.5 Å². The third kappa shape index (κ3) is 2.08. The first-order valence-electron chi connectivity index (χ1n) is 5.45. The Kier molecular flexibility index (Phi) is 2.94. The highest BCUT2D eigenvalue weighted by atomic mass is 15.3. The molecule has 2 rings (SSSR count). The molecule has 0 aliphatic rings. The summed E-state index contributed by atoms with van der Waals surface area (Å²) in [7, 11) is 1.93. The van der Waals surface area contributed by atoms with E-state index in [2.05, 4.69) is 22.4 Å². The van der Waals surface area contributed by atoms with Gasteiger partial charge in [-0.25, -0.2) is 0 Å². The maximum atomic E-state index is 4.41. The number of hydrogen-bond acceptors (Lipinski definition) is 3. The van der Waals surface area contributed by atoms with Crippen LogP contribution >= 0.6 is 0 Å². The predicted molar refractivity (Wildman–Crippen MR) is 63.2 cm³/mol. The Bertz CT molecular complexity index is 449. The second-order valence-corrected chi connectivity index (χ2v) is 3.82. The van der Waals surface area contributed by atoms with Crippen LogP contribution in [0.1, 0.15) is 18.2 Å². The van der Waals surface area contributed by atoms with E-state index >= 15 is 0 Å². The highest BCUT2D eigenvalue weighted by Crippen LogP contribution is 2.12. The molecule has 0 amide bonds. The number of hydrogen-bond donors (Lipinski definition) is 1. The van der Waals surface area contributed by atoms with Crippen molar-refractivity contribution in [3.05, 3.63) is 29.7 Å². The minimum atomic E-state index is 0.730. The molecule has 0 aromatic carbocycles. The standard InChI is InChI=1S/C11H17N5/c1-4-16-6-5-10(14-16)8-12-11-9(2)7-13-15(11)3/h5-7,12H,4,8H2,1-3H3. The molecule has 0 saturated carbocycles. The molecule has 0 radical (unpaired) electrons. The first kappa shape index (κ1) is 10.7. The van der Waals surface area contributed by atoms with Crippen molar-refractivity contribution in [2.75, 3.05) is 5.32 Å². The first-order valence-corrected chi connectivity index (χ1v) is 5.45. The molecule has 2 aromatic heterocycles. The SMILES string of the molecule is CCn1ccc(CNc2c(C)cnn2C)n1. The molecule has 2 heterocycles. The Labute approximate surface area is 95.1 Å². The molecule has 2 aromatic rings. The molecular formula is C11H17N5. The lowest BCUT2D eigenvalue weighted by Crippen LogP contribution is -2.06. The summed E-state index contributed by atoms with van der Waals surface area (Å²) >= 11 is 0. The summed E-state index contributed by atoms with van der Waals surface area (Å²) in [5, 5.41) is 11.9. The molecule has 0 atom stereocenters. The monoisotopic (exact) mass is 219 g/mol. The van der Waals surface area contributed by atoms with Crippen molar-refractivity contribution in [1.82, 2.24) is 19.6 Å². The molecule has 16 heavy (non-hydrogen) atoms. The van der Waals surface area contributed by atoms with Crippen LogP contribution in [0.2, 0.25) is 0 Å². The van der Waals surface area contributed by atoms with Gasteiger partial charge in [0, 0.05) is 25.4 Å². The van der Waals surface area contributed by atoms with Crippen LogP contribution in [-0.2, 0) is 20.1 Å². The van der Waals surface area contributed by atoms with Crippen LogP contribution in [0.25, 0.3) is 0 Å². The predicted octanol–water partition coefficient (Wildman–Crippen LogP) is 1.56. The van der Waals surface area contributed by atoms with E-state index in [4.69, 9.17) is 0 Å². The van der Waals surface area contributed by atoms with Gasteiger partial charge in [0.1, 0.15) is 5.82 Å². The second kappa shape index (κ2) is 4.38. The van der Waals surface area contributed by atoms with Crippen molar-refractivity contribution in [3.8, 4) is 0 Å². The zero-order valence-electron chi connectivity index (χ0n) is 9.94. The molecular weight excluding hydrogens is 202 g/mol. The fourth-order valence-corrected chi connectivity index (χ4v) is 1.65. The lowest BCUT2D eigenvalue weighted by molar-refractivity contribution is 0.648. The number of anilines is 1. The number of aromatic nitrogens is 4. The molecule has 0 saturated heterocycles. The van der Waals surface area contributed by atoms with Crippen LogP contribution in [-0.4, -0.2) is 19.6 Å². The fraction of sp³-hybridized carbons (Fsp3) is 0.455. The van der Waals surface area contributed by atoms with E-state index in [1.165, 1.54) is 0 Å². The van der Waals surface area contributed by atoms with E-state index in [0.29, 0.717) is 0 Å². The number of rotatable bonds is 4. The molecule has 1 N–H and O–H groups in total. The van der Waals surface area contributed by atoms with Crippen molar-refractivity contribution in [2.45, 2.75) is 26.9 Å². The normalized spacial score (nSPS) is 10.7. The fourth-order valence-electron chi connectivity index (χ4n) is 1.65. The largest absolute Gasteiger partial charge is 0.364 e. The van der Waals surface area contributed by atoms with Crippen LogP contribution < -0.4 is 5.32 Å². The van der Waals surface area contributed by atoms with E-state index < -0.39 is 0 Å². The second-order valence-electron chi connectivity index (χ2n) is 3.82. The van der Waals surface area contributed by atoms with Crippen molar-refractivity contribution in [3.63, 3.8) is 0 Å². The summed E-state index contributed by atoms with van der Waals surface area (Å²) < 4.78 is 3.76. The van der Waals surface area contributed by atoms with E-state index in [1.54, 1.807) is 0 Å². The summed E-state index contributed by atoms with van der Waals surface area (Å²) in [5.41, 5.74) is 2.19. The van der Waals surface area contributed by atoms with Crippen molar-refractivity contribution < 1.29 is 0 Å². The first-order chi connectivity index (χ1) is 7.70. The third-order valence-electron chi connectivity index (χ3n) is 2.58. The van der Waals surface area contributed by atoms with E-state index in [0.717, 1.165) is 30.2 Å². The highest BCUT2D eigenvalue weighted by molar-refractivity contribution is 5.42. The molecule has 0 aliphatic heterocycles. The topological polar surface area (TPSA) is 47.7 Å². The summed E-state index contributed by atoms with van der Waals surface area (Å²) in [6, 6.07) is 2.03. The van der Waals surface area contributed by atoms with Gasteiger partial charge in [-0.1, -0.05) is 0 Å². The minimum Gasteiger partial charge on any atom is -0.364 e. The zero-order chi connectivity index (χ0) is 11.5. The van der Waals surface area contributed by atoms with Gasteiger partial charge in [-0.15, -0.1) is 0 Å². The van der Waals surface area contributed by atoms with Crippen molar-refractivity contribution >= 4 is 5.82 Å². The smallest absolute Gasteiger partial charge is 0.127 e. The number of nitrogens with zero attached hydrogens (tertiary/aromatic N) is 4. The molecule has 0 bridgehead atoms. The van der Waals surface area contributed by atoms with Gasteiger partial charge in [0.2, 0.25) is 0 Å². The van der Waals surface area contributed by atoms with Gasteiger partial charge < -0.3 is 5.32 Å². The third-order valence-corrected chi connectivity index (χ3v) is 2.58. The molecule has 5 nitrogen and oxygen atoms in total. The molecule has 0 unspecified atom stereocenters. The molecule has 0 spiro atoms. The lowest BCUT2D eigenvalue weighted by atomic mass is 10.3. The average molecular weight is 219 g/mol. The van der Waals surface area contributed by atoms with E-state index in [1.807, 2.05) is 41.8 Å². The van der Waals surface area contributed by atoms with Gasteiger partial charge in [-0.2, -0.15) is 10.2 Å². The summed E-state index contributed by atoms with van der Waals surface area (Å²) in [6.45, 7) is 5.76. The Morgan fingerprint density at radius 1 is 1.44 bits per heavy atom. The van der Waals surface area contributed by atoms with Gasteiger partial charge in [0.25, 0.3) is 0 Å². The molecule has 86 valence electrons. The van der Waals surface area contributed by atoms with Gasteiger partial charge in [-0.3, -0.25) is 9.36 Å². The molecule has 5 heteroatoms. The quantitative estimate of drug-likeness (QED) is 0.848. The maximum absolute atomic E-state index is 4.41. The Morgan fingerprint density at radius 2 is 2.25 bits per heavy atom. The van der Waals surface area contributed by atoms with Gasteiger partial charge in [0.05, 0.1) is 18.4 Å². The van der Waals surface area contributed by atoms with E-state index in [-0.39, 0.29) is 0 Å². The summed E-state index contributed by atoms with van der Waals surface area (Å²) in [4.78, 5) is 0. The van der Waals surface area contributed by atoms with Crippen molar-refractivity contribution in [1.29, 1.82) is 0 Å². The summed E-state index contributed by atoms with van der Waals surface area (Å²) in [5.74, 6) is 1.05. The molecule has 0 fully saturated rings. The number of aryl methyl sites for hydroxylation is 3. The van der Waals surface area contributed by atoms with Crippen LogP contribution in [0.5, 0.6) is 0 Å². The van der Waals surface area contributed by atoms with Gasteiger partial charge in [0.15, 0.2) is 0 Å².